The van der Waals surface area contributed by atoms with Gasteiger partial charge in [-0.05, 0) is 81.6 Å². The molecule has 7 rings (SSSR count). The smallest absolute Gasteiger partial charge is 0.231 e. The van der Waals surface area contributed by atoms with Gasteiger partial charge in [0.2, 0.25) is 13.6 Å². The van der Waals surface area contributed by atoms with Crippen LogP contribution in [0.1, 0.15) is 72.9 Å². The first kappa shape index (κ1) is 25.5. The van der Waals surface area contributed by atoms with Crippen molar-refractivity contribution in [2.24, 2.45) is 0 Å². The average Bonchev–Trinajstić information content (AvgIpc) is 3.72. The van der Waals surface area contributed by atoms with Crippen LogP contribution in [-0.2, 0) is 5.41 Å². The Bertz CT molecular complexity index is 1550. The quantitative estimate of drug-likeness (QED) is 0.208. The molecule has 0 unspecified atom stereocenters. The molecule has 0 bridgehead atoms. The fourth-order valence-corrected chi connectivity index (χ4v) is 6.67. The number of fused-ring (bicyclic) bond motifs is 5. The van der Waals surface area contributed by atoms with Gasteiger partial charge < -0.3 is 18.9 Å². The zero-order chi connectivity index (χ0) is 27.8. The largest absolute Gasteiger partial charge is 0.454 e. The van der Waals surface area contributed by atoms with E-state index in [2.05, 4.69) is 86.7 Å². The van der Waals surface area contributed by atoms with Crippen LogP contribution in [0.15, 0.2) is 72.8 Å². The minimum Gasteiger partial charge on any atom is -0.454 e. The van der Waals surface area contributed by atoms with Crippen molar-refractivity contribution >= 4 is 24.3 Å². The number of benzene rings is 4. The van der Waals surface area contributed by atoms with E-state index in [-0.39, 0.29) is 5.41 Å². The molecular formula is C37H34O4. The molecule has 3 aliphatic rings. The van der Waals surface area contributed by atoms with Gasteiger partial charge in [-0.3, -0.25) is 0 Å². The lowest BCUT2D eigenvalue weighted by Gasteiger charge is -2.32. The van der Waals surface area contributed by atoms with E-state index < -0.39 is 0 Å². The second-order valence-electron chi connectivity index (χ2n) is 11.1. The summed E-state index contributed by atoms with van der Waals surface area (Å²) in [5.74, 6) is 3.24. The van der Waals surface area contributed by atoms with E-state index in [1.165, 1.54) is 33.4 Å². The summed E-state index contributed by atoms with van der Waals surface area (Å²) in [7, 11) is 0. The first-order chi connectivity index (χ1) is 20.2. The first-order valence-corrected chi connectivity index (χ1v) is 14.6. The van der Waals surface area contributed by atoms with Gasteiger partial charge in [-0.2, -0.15) is 0 Å². The zero-order valence-corrected chi connectivity index (χ0v) is 23.6. The van der Waals surface area contributed by atoms with Crippen LogP contribution >= 0.6 is 0 Å². The maximum Gasteiger partial charge on any atom is 0.231 e. The fourth-order valence-electron chi connectivity index (χ4n) is 6.67. The Labute approximate surface area is 241 Å². The molecule has 0 amide bonds. The lowest BCUT2D eigenvalue weighted by Crippen LogP contribution is -2.25. The summed E-state index contributed by atoms with van der Waals surface area (Å²) in [6.45, 7) is 5.20. The molecule has 41 heavy (non-hydrogen) atoms. The van der Waals surface area contributed by atoms with Crippen LogP contribution in [0.5, 0.6) is 23.0 Å². The molecule has 0 N–H and O–H groups in total. The highest BCUT2D eigenvalue weighted by atomic mass is 16.7. The van der Waals surface area contributed by atoms with E-state index in [0.29, 0.717) is 13.6 Å². The topological polar surface area (TPSA) is 36.9 Å². The van der Waals surface area contributed by atoms with Gasteiger partial charge >= 0.3 is 0 Å². The van der Waals surface area contributed by atoms with Gasteiger partial charge in [-0.1, -0.05) is 99.5 Å². The van der Waals surface area contributed by atoms with E-state index >= 15 is 0 Å². The summed E-state index contributed by atoms with van der Waals surface area (Å²) in [5, 5.41) is 0. The van der Waals surface area contributed by atoms with Gasteiger partial charge in [-0.15, -0.1) is 0 Å². The molecule has 4 heteroatoms. The van der Waals surface area contributed by atoms with Gasteiger partial charge in [0.15, 0.2) is 23.0 Å². The Hall–Kier alpha value is -4.44. The number of rotatable bonds is 8. The predicted molar refractivity (Wildman–Crippen MR) is 165 cm³/mol. The third-order valence-electron chi connectivity index (χ3n) is 8.49. The van der Waals surface area contributed by atoms with Gasteiger partial charge in [0, 0.05) is 5.41 Å². The Balaban J connectivity index is 1.23. The predicted octanol–water partition coefficient (Wildman–Crippen LogP) is 9.35. The normalized spacial score (nSPS) is 15.6. The van der Waals surface area contributed by atoms with Gasteiger partial charge in [-0.25, -0.2) is 0 Å². The van der Waals surface area contributed by atoms with Gasteiger partial charge in [0.1, 0.15) is 0 Å². The number of hydrogen-bond donors (Lipinski definition) is 0. The molecule has 0 atom stereocenters. The first-order valence-electron chi connectivity index (χ1n) is 14.6. The van der Waals surface area contributed by atoms with E-state index in [0.717, 1.165) is 59.8 Å². The molecule has 0 saturated carbocycles. The molecule has 4 aromatic carbocycles. The summed E-state index contributed by atoms with van der Waals surface area (Å²) in [4.78, 5) is 0. The van der Waals surface area contributed by atoms with Crippen molar-refractivity contribution in [1.29, 1.82) is 0 Å². The molecule has 0 fully saturated rings. The van der Waals surface area contributed by atoms with Crippen molar-refractivity contribution in [3.8, 4) is 34.1 Å². The van der Waals surface area contributed by atoms with Crippen LogP contribution < -0.4 is 18.9 Å². The molecular weight excluding hydrogens is 508 g/mol. The molecule has 0 radical (unpaired) electrons. The summed E-state index contributed by atoms with van der Waals surface area (Å²) in [5.41, 5.74) is 10.3. The second kappa shape index (κ2) is 10.5. The van der Waals surface area contributed by atoms with Crippen molar-refractivity contribution in [2.75, 3.05) is 13.6 Å². The van der Waals surface area contributed by atoms with Crippen molar-refractivity contribution in [3.63, 3.8) is 0 Å². The van der Waals surface area contributed by atoms with Crippen molar-refractivity contribution in [1.82, 2.24) is 0 Å². The molecule has 0 saturated heterocycles. The summed E-state index contributed by atoms with van der Waals surface area (Å²) < 4.78 is 22.1. The van der Waals surface area contributed by atoms with Gasteiger partial charge in [0.05, 0.1) is 0 Å². The third-order valence-corrected chi connectivity index (χ3v) is 8.49. The molecule has 1 aliphatic carbocycles. The highest BCUT2D eigenvalue weighted by Crippen LogP contribution is 2.54. The summed E-state index contributed by atoms with van der Waals surface area (Å²) >= 11 is 0. The van der Waals surface area contributed by atoms with E-state index in [1.54, 1.807) is 0 Å². The van der Waals surface area contributed by atoms with Crippen LogP contribution in [0.2, 0.25) is 0 Å². The zero-order valence-electron chi connectivity index (χ0n) is 23.6. The molecule has 0 aromatic heterocycles. The standard InChI is InChI=1S/C37H34O4/c1-3-17-37(18-4-2)31-19-25(5-7-27-11-15-33-35(21-27)40-23-38-33)9-13-29(31)30-14-10-26(20-32(30)37)6-8-28-12-16-34-36(22-28)41-24-39-34/h5-16,19-22H,3-4,17-18,23-24H2,1-2H3. The maximum absolute atomic E-state index is 5.57. The van der Waals surface area contributed by atoms with Crippen LogP contribution in [0, 0.1) is 0 Å². The number of ether oxygens (including phenoxy) is 4. The second-order valence-corrected chi connectivity index (χ2v) is 11.1. The van der Waals surface area contributed by atoms with Crippen LogP contribution in [0.25, 0.3) is 35.4 Å². The van der Waals surface area contributed by atoms with E-state index in [4.69, 9.17) is 18.9 Å². The molecule has 2 aliphatic heterocycles. The monoisotopic (exact) mass is 542 g/mol. The Kier molecular flexibility index (Phi) is 6.54. The molecule has 0 spiro atoms. The van der Waals surface area contributed by atoms with E-state index in [9.17, 15) is 0 Å². The Morgan fingerprint density at radius 1 is 0.512 bits per heavy atom. The molecule has 2 heterocycles. The molecule has 4 nitrogen and oxygen atoms in total. The Morgan fingerprint density at radius 3 is 1.34 bits per heavy atom. The minimum absolute atomic E-state index is 0.0133. The van der Waals surface area contributed by atoms with E-state index in [1.807, 2.05) is 24.3 Å². The van der Waals surface area contributed by atoms with Crippen molar-refractivity contribution in [2.45, 2.75) is 44.9 Å². The fraction of sp³-hybridized carbons (Fsp3) is 0.243. The lowest BCUT2D eigenvalue weighted by molar-refractivity contribution is 0.173. The average molecular weight is 543 g/mol. The SMILES string of the molecule is CCCC1(CCC)c2cc(C=Cc3ccc4c(c3)OCO4)ccc2-c2ccc(C=Cc3ccc4c(c3)OCO4)cc21. The molecule has 4 aromatic rings. The van der Waals surface area contributed by atoms with Crippen LogP contribution in [-0.4, -0.2) is 13.6 Å². The molecule has 206 valence electrons. The summed E-state index contributed by atoms with van der Waals surface area (Å²) in [6, 6.07) is 26.2. The highest BCUT2D eigenvalue weighted by molar-refractivity contribution is 5.85. The lowest BCUT2D eigenvalue weighted by atomic mass is 9.71. The minimum atomic E-state index is 0.0133. The van der Waals surface area contributed by atoms with Crippen LogP contribution in [0.3, 0.4) is 0 Å². The van der Waals surface area contributed by atoms with Crippen LogP contribution in [0.4, 0.5) is 0 Å². The van der Waals surface area contributed by atoms with Crippen molar-refractivity contribution < 1.29 is 18.9 Å². The third kappa shape index (κ3) is 4.58. The van der Waals surface area contributed by atoms with Gasteiger partial charge in [0.25, 0.3) is 0 Å². The number of hydrogen-bond acceptors (Lipinski definition) is 4. The van der Waals surface area contributed by atoms with Crippen molar-refractivity contribution in [3.05, 3.63) is 106 Å². The summed E-state index contributed by atoms with van der Waals surface area (Å²) in [6.07, 6.45) is 13.3. The highest BCUT2D eigenvalue weighted by Gasteiger charge is 2.41. The Morgan fingerprint density at radius 2 is 0.902 bits per heavy atom. The maximum atomic E-state index is 5.57.